The number of hydrogen-bond donors (Lipinski definition) is 0. The van der Waals surface area contributed by atoms with Crippen LogP contribution in [0.5, 0.6) is 0 Å². The zero-order chi connectivity index (χ0) is 8.48. The summed E-state index contributed by atoms with van der Waals surface area (Å²) in [6, 6.07) is 0. The first-order valence-corrected chi connectivity index (χ1v) is 7.60. The van der Waals surface area contributed by atoms with Gasteiger partial charge in [-0.05, 0) is 19.9 Å². The lowest BCUT2D eigenvalue weighted by Crippen LogP contribution is -2.01. The van der Waals surface area contributed by atoms with Gasteiger partial charge in [0.1, 0.15) is 0 Å². The van der Waals surface area contributed by atoms with E-state index in [1.165, 1.54) is 0 Å². The molecule has 1 aliphatic rings. The molecular formula is C7H10NPS2. The van der Waals surface area contributed by atoms with Crippen molar-refractivity contribution in [2.45, 2.75) is 0 Å². The quantitative estimate of drug-likeness (QED) is 0.475. The SMILES string of the molecule is C#CC1=CP(=S)(N(C)C)SC1. The van der Waals surface area contributed by atoms with Crippen LogP contribution in [0, 0.1) is 12.3 Å². The average molecular weight is 203 g/mol. The summed E-state index contributed by atoms with van der Waals surface area (Å²) in [5.74, 6) is 5.66. The third kappa shape index (κ3) is 1.89. The molecule has 0 saturated carbocycles. The fourth-order valence-corrected chi connectivity index (χ4v) is 5.58. The van der Waals surface area contributed by atoms with Crippen LogP contribution in [0.15, 0.2) is 11.4 Å². The average Bonchev–Trinajstić information content (AvgIpc) is 2.33. The van der Waals surface area contributed by atoms with Crippen molar-refractivity contribution in [1.82, 2.24) is 4.67 Å². The van der Waals surface area contributed by atoms with Crippen molar-refractivity contribution >= 4 is 28.6 Å². The molecule has 0 aromatic rings. The molecule has 0 radical (unpaired) electrons. The lowest BCUT2D eigenvalue weighted by molar-refractivity contribution is 0.692. The van der Waals surface area contributed by atoms with E-state index >= 15 is 0 Å². The minimum Gasteiger partial charge on any atom is -0.270 e. The van der Waals surface area contributed by atoms with Crippen LogP contribution in [0.4, 0.5) is 0 Å². The first-order chi connectivity index (χ1) is 5.08. The number of rotatable bonds is 1. The van der Waals surface area contributed by atoms with Gasteiger partial charge in [0.15, 0.2) is 0 Å². The highest BCUT2D eigenvalue weighted by Gasteiger charge is 2.24. The van der Waals surface area contributed by atoms with Gasteiger partial charge in [-0.25, -0.2) is 0 Å². The maximum Gasteiger partial charge on any atom is 0.0890 e. The van der Waals surface area contributed by atoms with E-state index < -0.39 is 5.39 Å². The summed E-state index contributed by atoms with van der Waals surface area (Å²) in [5, 5.41) is -1.44. The predicted octanol–water partition coefficient (Wildman–Crippen LogP) is 2.12. The van der Waals surface area contributed by atoms with Crippen LogP contribution in [0.3, 0.4) is 0 Å². The van der Waals surface area contributed by atoms with Gasteiger partial charge >= 0.3 is 0 Å². The van der Waals surface area contributed by atoms with Crippen molar-refractivity contribution in [3.05, 3.63) is 11.4 Å². The zero-order valence-corrected chi connectivity index (χ0v) is 9.10. The van der Waals surface area contributed by atoms with E-state index in [2.05, 4.69) is 16.4 Å². The zero-order valence-electron chi connectivity index (χ0n) is 6.57. The Bertz CT molecular complexity index is 275. The maximum atomic E-state index is 5.46. The van der Waals surface area contributed by atoms with Crippen molar-refractivity contribution < 1.29 is 0 Å². The molecule has 60 valence electrons. The lowest BCUT2D eigenvalue weighted by atomic mass is 10.4. The van der Waals surface area contributed by atoms with Gasteiger partial charge < -0.3 is 0 Å². The Labute approximate surface area is 77.0 Å². The smallest absolute Gasteiger partial charge is 0.0890 e. The van der Waals surface area contributed by atoms with Crippen molar-refractivity contribution in [2.24, 2.45) is 0 Å². The third-order valence-corrected chi connectivity index (χ3v) is 9.07. The van der Waals surface area contributed by atoms with Gasteiger partial charge in [-0.3, -0.25) is 4.67 Å². The number of nitrogens with zero attached hydrogens (tertiary/aromatic N) is 1. The largest absolute Gasteiger partial charge is 0.270 e. The van der Waals surface area contributed by atoms with E-state index in [4.69, 9.17) is 18.2 Å². The Morgan fingerprint density at radius 2 is 2.45 bits per heavy atom. The minimum atomic E-state index is -1.44. The van der Waals surface area contributed by atoms with Crippen LogP contribution in [-0.4, -0.2) is 24.5 Å². The summed E-state index contributed by atoms with van der Waals surface area (Å²) in [7, 11) is 4.04. The predicted molar refractivity (Wildman–Crippen MR) is 57.3 cm³/mol. The lowest BCUT2D eigenvalue weighted by Gasteiger charge is -2.20. The summed E-state index contributed by atoms with van der Waals surface area (Å²) in [6.45, 7) is 0. The summed E-state index contributed by atoms with van der Waals surface area (Å²) < 4.78 is 2.11. The van der Waals surface area contributed by atoms with Crippen LogP contribution in [0.25, 0.3) is 0 Å². The van der Waals surface area contributed by atoms with Gasteiger partial charge in [-0.15, -0.1) is 17.8 Å². The van der Waals surface area contributed by atoms with Crippen LogP contribution in [-0.2, 0) is 11.8 Å². The summed E-state index contributed by atoms with van der Waals surface area (Å²) in [6.07, 6.45) is 5.28. The van der Waals surface area contributed by atoms with Crippen molar-refractivity contribution in [3.63, 3.8) is 0 Å². The second kappa shape index (κ2) is 3.33. The first kappa shape index (κ1) is 9.35. The molecule has 11 heavy (non-hydrogen) atoms. The molecule has 0 spiro atoms. The Morgan fingerprint density at radius 1 is 1.82 bits per heavy atom. The van der Waals surface area contributed by atoms with Gasteiger partial charge in [0.05, 0.1) is 5.39 Å². The van der Waals surface area contributed by atoms with E-state index in [1.807, 2.05) is 14.1 Å². The van der Waals surface area contributed by atoms with Crippen molar-refractivity contribution in [1.29, 1.82) is 0 Å². The molecule has 0 aliphatic carbocycles. The van der Waals surface area contributed by atoms with E-state index in [0.29, 0.717) is 0 Å². The summed E-state index contributed by atoms with van der Waals surface area (Å²) >= 11 is 7.26. The second-order valence-corrected chi connectivity index (χ2v) is 10.0. The molecule has 0 aromatic carbocycles. The van der Waals surface area contributed by atoms with E-state index in [9.17, 15) is 0 Å². The molecule has 0 N–H and O–H groups in total. The molecule has 0 aromatic heterocycles. The topological polar surface area (TPSA) is 3.24 Å². The molecule has 0 bridgehead atoms. The Hall–Kier alpha value is 0.260. The molecule has 4 heteroatoms. The molecule has 0 fully saturated rings. The molecule has 1 unspecified atom stereocenters. The van der Waals surface area contributed by atoms with E-state index in [1.54, 1.807) is 11.4 Å². The Balaban J connectivity index is 2.90. The summed E-state index contributed by atoms with van der Waals surface area (Å²) in [4.78, 5) is 0. The molecule has 1 rings (SSSR count). The molecule has 1 atom stereocenters. The maximum absolute atomic E-state index is 5.46. The van der Waals surface area contributed by atoms with Crippen LogP contribution >= 0.6 is 16.8 Å². The highest BCUT2D eigenvalue weighted by atomic mass is 32.9. The van der Waals surface area contributed by atoms with Gasteiger partial charge in [0.25, 0.3) is 0 Å². The molecule has 1 nitrogen and oxygen atoms in total. The first-order valence-electron chi connectivity index (χ1n) is 3.19. The normalized spacial score (nSPS) is 30.2. The van der Waals surface area contributed by atoms with Crippen LogP contribution in [0.2, 0.25) is 0 Å². The highest BCUT2D eigenvalue weighted by molar-refractivity contribution is 8.71. The van der Waals surface area contributed by atoms with Crippen LogP contribution < -0.4 is 0 Å². The van der Waals surface area contributed by atoms with Gasteiger partial charge in [0, 0.05) is 11.3 Å². The highest BCUT2D eigenvalue weighted by Crippen LogP contribution is 2.66. The van der Waals surface area contributed by atoms with Crippen molar-refractivity contribution in [3.8, 4) is 12.3 Å². The molecule has 0 amide bonds. The Morgan fingerprint density at radius 3 is 2.73 bits per heavy atom. The molecule has 1 heterocycles. The molecular weight excluding hydrogens is 193 g/mol. The monoisotopic (exact) mass is 203 g/mol. The van der Waals surface area contributed by atoms with Gasteiger partial charge in [-0.2, -0.15) is 0 Å². The van der Waals surface area contributed by atoms with E-state index in [0.717, 1.165) is 11.3 Å². The Kier molecular flexibility index (Phi) is 2.83. The fraction of sp³-hybridized carbons (Fsp3) is 0.429. The van der Waals surface area contributed by atoms with E-state index in [-0.39, 0.29) is 0 Å². The van der Waals surface area contributed by atoms with Gasteiger partial charge in [0.2, 0.25) is 0 Å². The molecule has 1 aliphatic heterocycles. The second-order valence-electron chi connectivity index (χ2n) is 2.48. The van der Waals surface area contributed by atoms with Crippen molar-refractivity contribution in [2.75, 3.05) is 19.8 Å². The third-order valence-electron chi connectivity index (χ3n) is 1.47. The number of hydrogen-bond acceptors (Lipinski definition) is 2. The fourth-order valence-electron chi connectivity index (χ4n) is 0.743. The molecule has 0 saturated heterocycles. The van der Waals surface area contributed by atoms with Gasteiger partial charge in [-0.1, -0.05) is 17.7 Å². The van der Waals surface area contributed by atoms with Crippen LogP contribution in [0.1, 0.15) is 0 Å². The minimum absolute atomic E-state index is 0.923. The number of terminal acetylenes is 1. The standard InChI is InChI=1S/C7H10NPS2/c1-4-7-5-9(10,8(2)3)11-6-7/h1,5H,6H2,2-3H3. The summed E-state index contributed by atoms with van der Waals surface area (Å²) in [5.41, 5.74) is 1.06.